The lowest BCUT2D eigenvalue weighted by molar-refractivity contribution is -0.129. The lowest BCUT2D eigenvalue weighted by Gasteiger charge is -2.14. The average molecular weight is 383 g/mol. The van der Waals surface area contributed by atoms with Crippen LogP contribution in [0.25, 0.3) is 10.8 Å². The average Bonchev–Trinajstić information content (AvgIpc) is 2.69. The Morgan fingerprint density at radius 3 is 2.46 bits per heavy atom. The SMILES string of the molecule is CC(OC(=O)c1nn(C)c(=O)c2ccccc12)C(=O)NCc1ccc(F)cc1. The van der Waals surface area contributed by atoms with E-state index in [-0.39, 0.29) is 23.6 Å². The summed E-state index contributed by atoms with van der Waals surface area (Å²) >= 11 is 0. The van der Waals surface area contributed by atoms with Crippen LogP contribution in [0.15, 0.2) is 53.3 Å². The van der Waals surface area contributed by atoms with Crippen molar-refractivity contribution in [1.82, 2.24) is 15.1 Å². The number of nitrogens with one attached hydrogen (secondary N) is 1. The van der Waals surface area contributed by atoms with E-state index in [0.29, 0.717) is 16.3 Å². The van der Waals surface area contributed by atoms with Crippen molar-refractivity contribution in [3.05, 3.63) is 76.0 Å². The van der Waals surface area contributed by atoms with Crippen molar-refractivity contribution < 1.29 is 18.7 Å². The number of nitrogens with zero attached hydrogens (tertiary/aromatic N) is 2. The lowest BCUT2D eigenvalue weighted by Crippen LogP contribution is -2.36. The van der Waals surface area contributed by atoms with E-state index in [1.165, 1.54) is 26.1 Å². The smallest absolute Gasteiger partial charge is 0.360 e. The Morgan fingerprint density at radius 2 is 1.79 bits per heavy atom. The number of carbonyl (C=O) groups is 2. The molecule has 0 radical (unpaired) electrons. The van der Waals surface area contributed by atoms with E-state index < -0.39 is 18.0 Å². The molecule has 0 aliphatic carbocycles. The molecule has 0 saturated heterocycles. The minimum atomic E-state index is -1.08. The summed E-state index contributed by atoms with van der Waals surface area (Å²) in [5.41, 5.74) is 0.326. The summed E-state index contributed by atoms with van der Waals surface area (Å²) in [5, 5.41) is 7.29. The molecule has 0 aliphatic rings. The third kappa shape index (κ3) is 4.06. The predicted molar refractivity (Wildman–Crippen MR) is 100 cm³/mol. The molecule has 1 amide bonds. The van der Waals surface area contributed by atoms with Crippen molar-refractivity contribution in [1.29, 1.82) is 0 Å². The first-order valence-corrected chi connectivity index (χ1v) is 8.56. The highest BCUT2D eigenvalue weighted by Crippen LogP contribution is 2.14. The standard InChI is InChI=1S/C20H18FN3O4/c1-12(18(25)22-11-13-7-9-14(21)10-8-13)28-20(27)17-15-5-3-4-6-16(15)19(26)24(2)23-17/h3-10,12H,11H2,1-2H3,(H,22,25). The molecule has 1 N–H and O–H groups in total. The van der Waals surface area contributed by atoms with Crippen LogP contribution in [0, 0.1) is 5.82 Å². The number of fused-ring (bicyclic) bond motifs is 1. The van der Waals surface area contributed by atoms with Crippen LogP contribution in [0.2, 0.25) is 0 Å². The predicted octanol–water partition coefficient (Wildman–Crippen LogP) is 1.93. The molecule has 0 aliphatic heterocycles. The molecule has 7 nitrogen and oxygen atoms in total. The number of esters is 1. The monoisotopic (exact) mass is 383 g/mol. The van der Waals surface area contributed by atoms with Gasteiger partial charge >= 0.3 is 5.97 Å². The van der Waals surface area contributed by atoms with Gasteiger partial charge in [-0.15, -0.1) is 0 Å². The van der Waals surface area contributed by atoms with E-state index in [1.807, 2.05) is 0 Å². The summed E-state index contributed by atoms with van der Waals surface area (Å²) < 4.78 is 19.2. The van der Waals surface area contributed by atoms with Gasteiger partial charge in [0.1, 0.15) is 5.82 Å². The largest absolute Gasteiger partial charge is 0.448 e. The highest BCUT2D eigenvalue weighted by molar-refractivity contribution is 6.02. The van der Waals surface area contributed by atoms with Gasteiger partial charge in [0.15, 0.2) is 11.8 Å². The Morgan fingerprint density at radius 1 is 1.14 bits per heavy atom. The van der Waals surface area contributed by atoms with E-state index in [9.17, 15) is 18.8 Å². The fraction of sp³-hybridized carbons (Fsp3) is 0.200. The van der Waals surface area contributed by atoms with Crippen LogP contribution in [-0.4, -0.2) is 27.8 Å². The Balaban J connectivity index is 1.71. The number of hydrogen-bond donors (Lipinski definition) is 1. The fourth-order valence-corrected chi connectivity index (χ4v) is 2.66. The molecular formula is C20H18FN3O4. The first-order valence-electron chi connectivity index (χ1n) is 8.56. The molecule has 3 aromatic rings. The van der Waals surface area contributed by atoms with Gasteiger partial charge in [0.05, 0.1) is 5.39 Å². The van der Waals surface area contributed by atoms with Gasteiger partial charge in [0.2, 0.25) is 0 Å². The molecule has 0 saturated carbocycles. The van der Waals surface area contributed by atoms with Crippen molar-refractivity contribution in [2.24, 2.45) is 7.05 Å². The highest BCUT2D eigenvalue weighted by Gasteiger charge is 2.22. The maximum atomic E-state index is 12.9. The number of aryl methyl sites for hydroxylation is 1. The van der Waals surface area contributed by atoms with Crippen molar-refractivity contribution in [3.8, 4) is 0 Å². The van der Waals surface area contributed by atoms with Crippen molar-refractivity contribution >= 4 is 22.6 Å². The van der Waals surface area contributed by atoms with Crippen molar-refractivity contribution in [3.63, 3.8) is 0 Å². The molecule has 28 heavy (non-hydrogen) atoms. The summed E-state index contributed by atoms with van der Waals surface area (Å²) in [7, 11) is 1.43. The zero-order valence-electron chi connectivity index (χ0n) is 15.3. The quantitative estimate of drug-likeness (QED) is 0.680. The lowest BCUT2D eigenvalue weighted by atomic mass is 10.1. The van der Waals surface area contributed by atoms with E-state index in [2.05, 4.69) is 10.4 Å². The molecule has 0 bridgehead atoms. The van der Waals surface area contributed by atoms with E-state index >= 15 is 0 Å². The van der Waals surface area contributed by atoms with Gasteiger partial charge in [-0.1, -0.05) is 30.3 Å². The number of hydrogen-bond acceptors (Lipinski definition) is 5. The molecule has 0 fully saturated rings. The first kappa shape index (κ1) is 19.2. The van der Waals surface area contributed by atoms with Crippen LogP contribution in [0.1, 0.15) is 23.0 Å². The normalized spacial score (nSPS) is 11.8. The molecule has 144 valence electrons. The minimum absolute atomic E-state index is 0.0455. The molecule has 2 aromatic carbocycles. The first-order chi connectivity index (χ1) is 13.4. The zero-order chi connectivity index (χ0) is 20.3. The number of amides is 1. The van der Waals surface area contributed by atoms with Crippen molar-refractivity contribution in [2.75, 3.05) is 0 Å². The second kappa shape index (κ2) is 7.99. The fourth-order valence-electron chi connectivity index (χ4n) is 2.66. The summed E-state index contributed by atoms with van der Waals surface area (Å²) in [6.45, 7) is 1.60. The summed E-state index contributed by atoms with van der Waals surface area (Å²) in [6, 6.07) is 12.2. The van der Waals surface area contributed by atoms with Gasteiger partial charge < -0.3 is 10.1 Å². The van der Waals surface area contributed by atoms with Gasteiger partial charge in [-0.3, -0.25) is 9.59 Å². The van der Waals surface area contributed by atoms with Gasteiger partial charge in [0, 0.05) is 19.0 Å². The van der Waals surface area contributed by atoms with Crippen LogP contribution in [-0.2, 0) is 23.1 Å². The number of halogens is 1. The highest BCUT2D eigenvalue weighted by atomic mass is 19.1. The maximum absolute atomic E-state index is 12.9. The van der Waals surface area contributed by atoms with Crippen LogP contribution < -0.4 is 10.9 Å². The maximum Gasteiger partial charge on any atom is 0.360 e. The van der Waals surface area contributed by atoms with E-state index in [1.54, 1.807) is 36.4 Å². The third-order valence-electron chi connectivity index (χ3n) is 4.18. The Kier molecular flexibility index (Phi) is 5.49. The molecule has 1 atom stereocenters. The van der Waals surface area contributed by atoms with Gasteiger partial charge in [0.25, 0.3) is 11.5 Å². The third-order valence-corrected chi connectivity index (χ3v) is 4.18. The number of rotatable bonds is 5. The van der Waals surface area contributed by atoms with Crippen LogP contribution in [0.4, 0.5) is 4.39 Å². The van der Waals surface area contributed by atoms with E-state index in [0.717, 1.165) is 4.68 Å². The number of carbonyl (C=O) groups excluding carboxylic acids is 2. The number of benzene rings is 2. The Labute approximate surface area is 159 Å². The molecule has 1 unspecified atom stereocenters. The van der Waals surface area contributed by atoms with Crippen LogP contribution in [0.3, 0.4) is 0 Å². The molecule has 8 heteroatoms. The molecule has 1 aromatic heterocycles. The molecule has 3 rings (SSSR count). The van der Waals surface area contributed by atoms with Gasteiger partial charge in [-0.05, 0) is 30.7 Å². The molecule has 0 spiro atoms. The summed E-state index contributed by atoms with van der Waals surface area (Å²) in [5.74, 6) is -1.68. The van der Waals surface area contributed by atoms with Crippen LogP contribution in [0.5, 0.6) is 0 Å². The number of aromatic nitrogens is 2. The topological polar surface area (TPSA) is 90.3 Å². The van der Waals surface area contributed by atoms with Gasteiger partial charge in [-0.2, -0.15) is 5.10 Å². The second-order valence-corrected chi connectivity index (χ2v) is 6.21. The summed E-state index contributed by atoms with van der Waals surface area (Å²) in [4.78, 5) is 36.9. The van der Waals surface area contributed by atoms with Crippen LogP contribution >= 0.6 is 0 Å². The summed E-state index contributed by atoms with van der Waals surface area (Å²) in [6.07, 6.45) is -1.08. The molecule has 1 heterocycles. The number of ether oxygens (including phenoxy) is 1. The Bertz CT molecular complexity index is 1090. The Hall–Kier alpha value is -3.55. The second-order valence-electron chi connectivity index (χ2n) is 6.21. The molecular weight excluding hydrogens is 365 g/mol. The van der Waals surface area contributed by atoms with Gasteiger partial charge in [-0.25, -0.2) is 13.9 Å². The zero-order valence-corrected chi connectivity index (χ0v) is 15.3. The van der Waals surface area contributed by atoms with Crippen molar-refractivity contribution in [2.45, 2.75) is 19.6 Å². The minimum Gasteiger partial charge on any atom is -0.448 e. The van der Waals surface area contributed by atoms with E-state index in [4.69, 9.17) is 4.74 Å².